The molecule has 1 aromatic heterocycles. The summed E-state index contributed by atoms with van der Waals surface area (Å²) in [5, 5.41) is 4.27. The second kappa shape index (κ2) is 8.14. The highest BCUT2D eigenvalue weighted by atomic mass is 127. The number of guanidine groups is 1. The van der Waals surface area contributed by atoms with E-state index < -0.39 is 0 Å². The Balaban J connectivity index is 0.00000176. The Hall–Kier alpha value is -1.61. The standard InChI is InChI=1S/C15H19N5O.HI/c16-15(19-8-10-21-11-9-19)17-12-13-4-1-2-5-14(13)20-7-3-6-18-20;/h1-7H,8-12H2,(H2,16,17);1H. The van der Waals surface area contributed by atoms with Crippen molar-refractivity contribution in [1.29, 1.82) is 0 Å². The Bertz CT molecular complexity index is 608. The van der Waals surface area contributed by atoms with Crippen LogP contribution in [0.1, 0.15) is 5.56 Å². The molecule has 2 N–H and O–H groups in total. The highest BCUT2D eigenvalue weighted by molar-refractivity contribution is 14.0. The molecule has 2 aromatic rings. The summed E-state index contributed by atoms with van der Waals surface area (Å²) in [4.78, 5) is 6.57. The van der Waals surface area contributed by atoms with Gasteiger partial charge in [-0.3, -0.25) is 0 Å². The number of benzene rings is 1. The lowest BCUT2D eigenvalue weighted by atomic mass is 10.2. The summed E-state index contributed by atoms with van der Waals surface area (Å²) < 4.78 is 7.16. The van der Waals surface area contributed by atoms with Crippen molar-refractivity contribution in [2.75, 3.05) is 26.3 Å². The van der Waals surface area contributed by atoms with E-state index in [9.17, 15) is 0 Å². The van der Waals surface area contributed by atoms with Crippen molar-refractivity contribution in [3.05, 3.63) is 48.3 Å². The van der Waals surface area contributed by atoms with Gasteiger partial charge in [0.1, 0.15) is 0 Å². The van der Waals surface area contributed by atoms with Crippen LogP contribution in [0.15, 0.2) is 47.7 Å². The van der Waals surface area contributed by atoms with Gasteiger partial charge in [-0.15, -0.1) is 24.0 Å². The molecule has 7 heteroatoms. The van der Waals surface area contributed by atoms with Gasteiger partial charge in [-0.2, -0.15) is 5.10 Å². The van der Waals surface area contributed by atoms with Gasteiger partial charge >= 0.3 is 0 Å². The van der Waals surface area contributed by atoms with Crippen molar-refractivity contribution in [3.63, 3.8) is 0 Å². The lowest BCUT2D eigenvalue weighted by Crippen LogP contribution is -2.44. The summed E-state index contributed by atoms with van der Waals surface area (Å²) in [6, 6.07) is 9.98. The first-order valence-electron chi connectivity index (χ1n) is 7.05. The molecule has 1 aromatic carbocycles. The van der Waals surface area contributed by atoms with Crippen LogP contribution in [0.3, 0.4) is 0 Å². The molecular formula is C15H20IN5O. The molecule has 0 aliphatic carbocycles. The maximum absolute atomic E-state index is 6.06. The van der Waals surface area contributed by atoms with Crippen LogP contribution in [0.2, 0.25) is 0 Å². The third kappa shape index (κ3) is 3.98. The summed E-state index contributed by atoms with van der Waals surface area (Å²) in [7, 11) is 0. The number of halogens is 1. The van der Waals surface area contributed by atoms with Crippen LogP contribution in [0.5, 0.6) is 0 Å². The van der Waals surface area contributed by atoms with Gasteiger partial charge in [-0.25, -0.2) is 9.67 Å². The van der Waals surface area contributed by atoms with Crippen LogP contribution < -0.4 is 5.73 Å². The molecule has 0 bridgehead atoms. The lowest BCUT2D eigenvalue weighted by molar-refractivity contribution is 0.0674. The van der Waals surface area contributed by atoms with E-state index in [4.69, 9.17) is 10.5 Å². The first-order valence-corrected chi connectivity index (χ1v) is 7.05. The Kier molecular flexibility index (Phi) is 6.20. The molecule has 0 atom stereocenters. The van der Waals surface area contributed by atoms with E-state index in [0.29, 0.717) is 25.7 Å². The van der Waals surface area contributed by atoms with Gasteiger partial charge in [0.25, 0.3) is 0 Å². The zero-order chi connectivity index (χ0) is 14.5. The zero-order valence-corrected chi connectivity index (χ0v) is 14.6. The fourth-order valence-corrected chi connectivity index (χ4v) is 2.34. The molecule has 3 rings (SSSR count). The largest absolute Gasteiger partial charge is 0.378 e. The quantitative estimate of drug-likeness (QED) is 0.472. The maximum atomic E-state index is 6.06. The van der Waals surface area contributed by atoms with Crippen LogP contribution in [-0.2, 0) is 11.3 Å². The summed E-state index contributed by atoms with van der Waals surface area (Å²) >= 11 is 0. The third-order valence-electron chi connectivity index (χ3n) is 3.49. The van der Waals surface area contributed by atoms with E-state index >= 15 is 0 Å². The Labute approximate surface area is 147 Å². The number of ether oxygens (including phenoxy) is 1. The maximum Gasteiger partial charge on any atom is 0.191 e. The minimum Gasteiger partial charge on any atom is -0.378 e. The topological polar surface area (TPSA) is 68.7 Å². The van der Waals surface area contributed by atoms with E-state index in [1.807, 2.05) is 41.2 Å². The molecule has 0 spiro atoms. The zero-order valence-electron chi connectivity index (χ0n) is 12.3. The van der Waals surface area contributed by atoms with Crippen molar-refractivity contribution in [2.45, 2.75) is 6.54 Å². The van der Waals surface area contributed by atoms with Gasteiger partial charge in [0, 0.05) is 25.5 Å². The van der Waals surface area contributed by atoms with Crippen molar-refractivity contribution in [2.24, 2.45) is 10.7 Å². The predicted molar refractivity (Wildman–Crippen MR) is 96.7 cm³/mol. The highest BCUT2D eigenvalue weighted by Crippen LogP contribution is 2.14. The molecule has 0 amide bonds. The number of aliphatic imine (C=N–C) groups is 1. The number of nitrogens with two attached hydrogens (primary N) is 1. The Morgan fingerprint density at radius 3 is 2.73 bits per heavy atom. The molecule has 0 saturated carbocycles. The van der Waals surface area contributed by atoms with Crippen LogP contribution in [0.25, 0.3) is 5.69 Å². The smallest absolute Gasteiger partial charge is 0.191 e. The van der Waals surface area contributed by atoms with Gasteiger partial charge < -0.3 is 15.4 Å². The first kappa shape index (κ1) is 16.8. The average Bonchev–Trinajstić information content (AvgIpc) is 3.08. The van der Waals surface area contributed by atoms with E-state index in [0.717, 1.165) is 24.3 Å². The molecule has 2 heterocycles. The van der Waals surface area contributed by atoms with Gasteiger partial charge in [0.05, 0.1) is 25.4 Å². The number of rotatable bonds is 3. The normalized spacial score (nSPS) is 15.5. The fraction of sp³-hybridized carbons (Fsp3) is 0.333. The molecule has 0 unspecified atom stereocenters. The second-order valence-electron chi connectivity index (χ2n) is 4.85. The molecule has 22 heavy (non-hydrogen) atoms. The third-order valence-corrected chi connectivity index (χ3v) is 3.49. The number of morpholine rings is 1. The van der Waals surface area contributed by atoms with Gasteiger partial charge in [-0.1, -0.05) is 18.2 Å². The van der Waals surface area contributed by atoms with Crippen LogP contribution >= 0.6 is 24.0 Å². The van der Waals surface area contributed by atoms with Crippen LogP contribution in [0.4, 0.5) is 0 Å². The van der Waals surface area contributed by atoms with Crippen molar-refractivity contribution in [1.82, 2.24) is 14.7 Å². The van der Waals surface area contributed by atoms with Crippen molar-refractivity contribution >= 4 is 29.9 Å². The fourth-order valence-electron chi connectivity index (χ4n) is 2.34. The molecule has 118 valence electrons. The summed E-state index contributed by atoms with van der Waals surface area (Å²) in [5.74, 6) is 0.577. The number of nitrogens with zero attached hydrogens (tertiary/aromatic N) is 4. The molecule has 1 aliphatic heterocycles. The minimum absolute atomic E-state index is 0. The van der Waals surface area contributed by atoms with Gasteiger partial charge in [0.2, 0.25) is 0 Å². The van der Waals surface area contributed by atoms with E-state index in [2.05, 4.69) is 15.0 Å². The summed E-state index contributed by atoms with van der Waals surface area (Å²) in [5.41, 5.74) is 8.19. The Morgan fingerprint density at radius 2 is 2.00 bits per heavy atom. The molecule has 1 fully saturated rings. The molecular weight excluding hydrogens is 393 g/mol. The average molecular weight is 413 g/mol. The number of para-hydroxylation sites is 1. The highest BCUT2D eigenvalue weighted by Gasteiger charge is 2.12. The summed E-state index contributed by atoms with van der Waals surface area (Å²) in [6.45, 7) is 3.56. The molecule has 1 saturated heterocycles. The van der Waals surface area contributed by atoms with E-state index in [1.165, 1.54) is 0 Å². The van der Waals surface area contributed by atoms with Crippen LogP contribution in [-0.4, -0.2) is 46.9 Å². The monoisotopic (exact) mass is 413 g/mol. The van der Waals surface area contributed by atoms with Crippen molar-refractivity contribution < 1.29 is 4.74 Å². The SMILES string of the molecule is I.NC(=NCc1ccccc1-n1cccn1)N1CCOCC1. The number of hydrogen-bond donors (Lipinski definition) is 1. The van der Waals surface area contributed by atoms with Gasteiger partial charge in [-0.05, 0) is 17.7 Å². The summed E-state index contributed by atoms with van der Waals surface area (Å²) in [6.07, 6.45) is 3.69. The van der Waals surface area contributed by atoms with E-state index in [-0.39, 0.29) is 24.0 Å². The van der Waals surface area contributed by atoms with Crippen LogP contribution in [0, 0.1) is 0 Å². The molecule has 1 aliphatic rings. The Morgan fingerprint density at radius 1 is 1.23 bits per heavy atom. The van der Waals surface area contributed by atoms with Crippen molar-refractivity contribution in [3.8, 4) is 5.69 Å². The molecule has 0 radical (unpaired) electrons. The van der Waals surface area contributed by atoms with E-state index in [1.54, 1.807) is 6.20 Å². The second-order valence-corrected chi connectivity index (χ2v) is 4.85. The minimum atomic E-state index is 0. The number of hydrogen-bond acceptors (Lipinski definition) is 3. The predicted octanol–water partition coefficient (Wildman–Crippen LogP) is 1.64. The number of aromatic nitrogens is 2. The molecule has 6 nitrogen and oxygen atoms in total. The lowest BCUT2D eigenvalue weighted by Gasteiger charge is -2.27. The van der Waals surface area contributed by atoms with Gasteiger partial charge in [0.15, 0.2) is 5.96 Å². The first-order chi connectivity index (χ1) is 10.3.